The third-order valence-electron chi connectivity index (χ3n) is 2.38. The van der Waals surface area contributed by atoms with Crippen molar-refractivity contribution in [1.29, 1.82) is 0 Å². The van der Waals surface area contributed by atoms with Gasteiger partial charge >= 0.3 is 5.97 Å². The molecular weight excluding hydrogens is 292 g/mol. The van der Waals surface area contributed by atoms with Gasteiger partial charge in [-0.2, -0.15) is 0 Å². The lowest BCUT2D eigenvalue weighted by Crippen LogP contribution is -2.15. The largest absolute Gasteiger partial charge is 0.478 e. The third-order valence-corrected chi connectivity index (χ3v) is 2.38. The molecule has 132 valence electrons. The molecule has 0 spiro atoms. The number of aliphatic hydroxyl groups excluding tert-OH is 2. The number of ether oxygens (including phenoxy) is 3. The van der Waals surface area contributed by atoms with Crippen LogP contribution in [-0.4, -0.2) is 74.1 Å². The molecular formula is C15H30O7. The highest BCUT2D eigenvalue weighted by atomic mass is 16.5. The smallest absolute Gasteiger partial charge is 0.331 e. The number of carboxylic acids is 1. The lowest BCUT2D eigenvalue weighted by molar-refractivity contribution is -0.133. The molecule has 0 aliphatic rings. The molecule has 0 unspecified atom stereocenters. The second kappa shape index (κ2) is 14.9. The Morgan fingerprint density at radius 3 is 1.36 bits per heavy atom. The molecule has 0 aromatic heterocycles. The van der Waals surface area contributed by atoms with E-state index >= 15 is 0 Å². The number of hydrogen-bond acceptors (Lipinski definition) is 6. The molecule has 0 radical (unpaired) electrons. The fraction of sp³-hybridized carbons (Fsp3) is 0.800. The van der Waals surface area contributed by atoms with Gasteiger partial charge in [-0.15, -0.1) is 0 Å². The van der Waals surface area contributed by atoms with Gasteiger partial charge in [-0.3, -0.25) is 0 Å². The fourth-order valence-electron chi connectivity index (χ4n) is 0.992. The lowest BCUT2D eigenvalue weighted by Gasteiger charge is -2.17. The Hall–Kier alpha value is -0.990. The van der Waals surface area contributed by atoms with Gasteiger partial charge in [0.1, 0.15) is 0 Å². The minimum Gasteiger partial charge on any atom is -0.478 e. The van der Waals surface area contributed by atoms with Gasteiger partial charge in [-0.1, -0.05) is 27.4 Å². The summed E-state index contributed by atoms with van der Waals surface area (Å²) in [5.74, 6) is -0.914. The highest BCUT2D eigenvalue weighted by molar-refractivity contribution is 5.87. The predicted octanol–water partition coefficient (Wildman–Crippen LogP) is 0.694. The zero-order chi connectivity index (χ0) is 17.4. The summed E-state index contributed by atoms with van der Waals surface area (Å²) in [5, 5.41) is 25.1. The van der Waals surface area contributed by atoms with Gasteiger partial charge in [0.2, 0.25) is 0 Å². The van der Waals surface area contributed by atoms with E-state index in [-0.39, 0.29) is 24.2 Å². The molecule has 0 bridgehead atoms. The van der Waals surface area contributed by atoms with Crippen molar-refractivity contribution in [3.8, 4) is 0 Å². The van der Waals surface area contributed by atoms with Crippen LogP contribution in [0.3, 0.4) is 0 Å². The topological polar surface area (TPSA) is 105 Å². The number of rotatable bonds is 11. The van der Waals surface area contributed by atoms with Crippen LogP contribution in [0.4, 0.5) is 0 Å². The van der Waals surface area contributed by atoms with E-state index in [4.69, 9.17) is 29.5 Å². The maximum atomic E-state index is 10.2. The Balaban J connectivity index is 0. The van der Waals surface area contributed by atoms with Crippen LogP contribution in [0, 0.1) is 5.41 Å². The molecule has 0 saturated heterocycles. The Bertz CT molecular complexity index is 274. The summed E-state index contributed by atoms with van der Waals surface area (Å²) >= 11 is 0. The first-order valence-corrected chi connectivity index (χ1v) is 7.15. The van der Waals surface area contributed by atoms with Crippen molar-refractivity contribution in [3.05, 3.63) is 12.2 Å². The van der Waals surface area contributed by atoms with E-state index in [0.717, 1.165) is 0 Å². The standard InChI is InChI=1S/C8H18O5.C7H12O2/c9-1-3-11-5-7-13-8-6-12-4-2-10;1-5(6(8)9)7(2,3)4/h9-10H,1-8H2;1H2,2-4H3,(H,8,9). The van der Waals surface area contributed by atoms with Gasteiger partial charge < -0.3 is 29.5 Å². The molecule has 0 heterocycles. The van der Waals surface area contributed by atoms with Crippen LogP contribution in [0.25, 0.3) is 0 Å². The van der Waals surface area contributed by atoms with E-state index in [0.29, 0.717) is 39.6 Å². The molecule has 7 heteroatoms. The van der Waals surface area contributed by atoms with Gasteiger partial charge in [0.05, 0.1) is 52.9 Å². The normalized spacial score (nSPS) is 10.8. The number of aliphatic carboxylic acids is 1. The van der Waals surface area contributed by atoms with Crippen LogP contribution in [0.2, 0.25) is 0 Å². The third kappa shape index (κ3) is 17.1. The van der Waals surface area contributed by atoms with Crippen molar-refractivity contribution in [1.82, 2.24) is 0 Å². The molecule has 7 nitrogen and oxygen atoms in total. The van der Waals surface area contributed by atoms with Crippen LogP contribution in [0.1, 0.15) is 20.8 Å². The monoisotopic (exact) mass is 322 g/mol. The first-order chi connectivity index (χ1) is 10.3. The summed E-state index contributed by atoms with van der Waals surface area (Å²) in [6, 6.07) is 0. The summed E-state index contributed by atoms with van der Waals surface area (Å²) in [6.45, 7) is 11.7. The number of aliphatic hydroxyl groups is 2. The summed E-state index contributed by atoms with van der Waals surface area (Å²) in [4.78, 5) is 10.2. The van der Waals surface area contributed by atoms with Gasteiger partial charge in [0, 0.05) is 5.57 Å². The molecule has 0 amide bonds. The second-order valence-corrected chi connectivity index (χ2v) is 5.32. The molecule has 0 fully saturated rings. The molecule has 0 atom stereocenters. The van der Waals surface area contributed by atoms with Crippen molar-refractivity contribution in [2.45, 2.75) is 20.8 Å². The number of carboxylic acid groups (broad SMARTS) is 1. The molecule has 0 aliphatic carbocycles. The summed E-state index contributed by atoms with van der Waals surface area (Å²) in [7, 11) is 0. The highest BCUT2D eigenvalue weighted by Crippen LogP contribution is 2.22. The van der Waals surface area contributed by atoms with Crippen LogP contribution in [0.15, 0.2) is 12.2 Å². The number of hydrogen-bond donors (Lipinski definition) is 3. The quantitative estimate of drug-likeness (QED) is 0.380. The van der Waals surface area contributed by atoms with Gasteiger partial charge in [0.15, 0.2) is 0 Å². The molecule has 0 aliphatic heterocycles. The van der Waals surface area contributed by atoms with Crippen molar-refractivity contribution >= 4 is 5.97 Å². The zero-order valence-electron chi connectivity index (χ0n) is 13.8. The second-order valence-electron chi connectivity index (χ2n) is 5.32. The molecule has 22 heavy (non-hydrogen) atoms. The Morgan fingerprint density at radius 1 is 0.864 bits per heavy atom. The number of carbonyl (C=O) groups is 1. The maximum absolute atomic E-state index is 10.2. The van der Waals surface area contributed by atoms with Crippen LogP contribution in [0.5, 0.6) is 0 Å². The van der Waals surface area contributed by atoms with Gasteiger partial charge in [0.25, 0.3) is 0 Å². The lowest BCUT2D eigenvalue weighted by atomic mass is 9.88. The predicted molar refractivity (Wildman–Crippen MR) is 82.9 cm³/mol. The summed E-state index contributed by atoms with van der Waals surface area (Å²) < 4.78 is 15.0. The first kappa shape index (κ1) is 23.3. The molecule has 0 aromatic carbocycles. The first-order valence-electron chi connectivity index (χ1n) is 7.15. The SMILES string of the molecule is C=C(C(=O)O)C(C)(C)C.OCCOCCOCCOCCO. The minimum absolute atomic E-state index is 0.0413. The van der Waals surface area contributed by atoms with Crippen LogP contribution >= 0.6 is 0 Å². The minimum atomic E-state index is -0.914. The fourth-order valence-corrected chi connectivity index (χ4v) is 0.992. The molecule has 0 aromatic rings. The van der Waals surface area contributed by atoms with E-state index in [1.54, 1.807) is 0 Å². The Kier molecular flexibility index (Phi) is 15.8. The Morgan fingerprint density at radius 2 is 1.18 bits per heavy atom. The van der Waals surface area contributed by atoms with Crippen molar-refractivity contribution in [2.75, 3.05) is 52.9 Å². The van der Waals surface area contributed by atoms with Gasteiger partial charge in [-0.05, 0) is 5.41 Å². The van der Waals surface area contributed by atoms with E-state index in [2.05, 4.69) is 6.58 Å². The van der Waals surface area contributed by atoms with Crippen molar-refractivity contribution < 1.29 is 34.3 Å². The van der Waals surface area contributed by atoms with E-state index in [1.807, 2.05) is 20.8 Å². The van der Waals surface area contributed by atoms with E-state index in [1.165, 1.54) is 0 Å². The molecule has 3 N–H and O–H groups in total. The van der Waals surface area contributed by atoms with Crippen molar-refractivity contribution in [3.63, 3.8) is 0 Å². The van der Waals surface area contributed by atoms with Crippen LogP contribution < -0.4 is 0 Å². The van der Waals surface area contributed by atoms with E-state index < -0.39 is 5.97 Å². The highest BCUT2D eigenvalue weighted by Gasteiger charge is 2.20. The van der Waals surface area contributed by atoms with Crippen molar-refractivity contribution in [2.24, 2.45) is 5.41 Å². The average Bonchev–Trinajstić information content (AvgIpc) is 2.44. The maximum Gasteiger partial charge on any atom is 0.331 e. The van der Waals surface area contributed by atoms with E-state index in [9.17, 15) is 4.79 Å². The summed E-state index contributed by atoms with van der Waals surface area (Å²) in [6.07, 6.45) is 0. The molecule has 0 rings (SSSR count). The van der Waals surface area contributed by atoms with Gasteiger partial charge in [-0.25, -0.2) is 4.79 Å². The van der Waals surface area contributed by atoms with Crippen LogP contribution in [-0.2, 0) is 19.0 Å². The summed E-state index contributed by atoms with van der Waals surface area (Å²) in [5.41, 5.74) is -0.0613. The molecule has 0 saturated carbocycles. The Labute approximate surface area is 132 Å². The average molecular weight is 322 g/mol. The zero-order valence-corrected chi connectivity index (χ0v) is 13.8.